The van der Waals surface area contributed by atoms with E-state index in [0.717, 1.165) is 47.9 Å². The second-order valence-corrected chi connectivity index (χ2v) is 10.1. The van der Waals surface area contributed by atoms with Crippen molar-refractivity contribution >= 4 is 28.3 Å². The average molecular weight is 494 g/mol. The molecular formula is C28H36FN5O2. The molecule has 0 aliphatic heterocycles. The first kappa shape index (κ1) is 25.7. The number of amides is 1. The Morgan fingerprint density at radius 2 is 1.83 bits per heavy atom. The molecule has 1 saturated carbocycles. The summed E-state index contributed by atoms with van der Waals surface area (Å²) in [7, 11) is 5.30. The van der Waals surface area contributed by atoms with Crippen molar-refractivity contribution in [1.29, 1.82) is 0 Å². The quantitative estimate of drug-likeness (QED) is 0.440. The Morgan fingerprint density at radius 3 is 2.47 bits per heavy atom. The highest BCUT2D eigenvalue weighted by atomic mass is 19.1. The lowest BCUT2D eigenvalue weighted by atomic mass is 9.77. The molecule has 0 unspecified atom stereocenters. The standard InChI is InChI=1S/C28H36FN5O2/c1-15-11-20(30)12-21(26(15)29)16(2)31-27-23-13-22(25(36-6)14-24(23)32-17(3)33-27)18-7-9-19(10-8-18)28(35)34(4)5/h11-14,16,18-19H,7-10,30H2,1-6H3,(H,31,32,33)/t16-,18?,19?/m1/s1. The highest BCUT2D eigenvalue weighted by molar-refractivity contribution is 5.91. The van der Waals surface area contributed by atoms with Gasteiger partial charge >= 0.3 is 0 Å². The lowest BCUT2D eigenvalue weighted by Gasteiger charge is -2.30. The predicted octanol–water partition coefficient (Wildman–Crippen LogP) is 5.51. The predicted molar refractivity (Wildman–Crippen MR) is 142 cm³/mol. The van der Waals surface area contributed by atoms with Crippen LogP contribution in [-0.4, -0.2) is 42.0 Å². The summed E-state index contributed by atoms with van der Waals surface area (Å²) in [5.74, 6) is 2.32. The number of aromatic nitrogens is 2. The summed E-state index contributed by atoms with van der Waals surface area (Å²) in [6.45, 7) is 5.45. The molecule has 1 fully saturated rings. The van der Waals surface area contributed by atoms with E-state index in [4.69, 9.17) is 10.5 Å². The van der Waals surface area contributed by atoms with Crippen LogP contribution >= 0.6 is 0 Å². The number of fused-ring (bicyclic) bond motifs is 1. The van der Waals surface area contributed by atoms with Gasteiger partial charge in [-0.25, -0.2) is 14.4 Å². The Hall–Kier alpha value is -3.42. The number of nitrogen functional groups attached to an aromatic ring is 1. The summed E-state index contributed by atoms with van der Waals surface area (Å²) in [6.07, 6.45) is 3.52. The smallest absolute Gasteiger partial charge is 0.225 e. The van der Waals surface area contributed by atoms with E-state index in [1.54, 1.807) is 31.1 Å². The maximum absolute atomic E-state index is 14.9. The number of hydrogen-bond acceptors (Lipinski definition) is 6. The van der Waals surface area contributed by atoms with E-state index < -0.39 is 0 Å². The molecule has 1 aromatic heterocycles. The Kier molecular flexibility index (Phi) is 7.33. The van der Waals surface area contributed by atoms with E-state index in [9.17, 15) is 9.18 Å². The van der Waals surface area contributed by atoms with Crippen LogP contribution in [0.3, 0.4) is 0 Å². The van der Waals surface area contributed by atoms with E-state index in [2.05, 4.69) is 21.4 Å². The fraction of sp³-hybridized carbons (Fsp3) is 0.464. The van der Waals surface area contributed by atoms with Crippen molar-refractivity contribution in [2.24, 2.45) is 5.92 Å². The third kappa shape index (κ3) is 5.08. The third-order valence-corrected chi connectivity index (χ3v) is 7.24. The molecule has 3 N–H and O–H groups in total. The molecule has 7 nitrogen and oxygen atoms in total. The second kappa shape index (κ2) is 10.3. The average Bonchev–Trinajstić information content (AvgIpc) is 2.84. The molecule has 2 aromatic carbocycles. The summed E-state index contributed by atoms with van der Waals surface area (Å²) >= 11 is 0. The normalized spacial score (nSPS) is 18.6. The van der Waals surface area contributed by atoms with Crippen LogP contribution < -0.4 is 15.8 Å². The lowest BCUT2D eigenvalue weighted by Crippen LogP contribution is -2.32. The van der Waals surface area contributed by atoms with Crippen molar-refractivity contribution < 1.29 is 13.9 Å². The molecule has 4 rings (SSSR count). The number of methoxy groups -OCH3 is 1. The Balaban J connectivity index is 1.69. The monoisotopic (exact) mass is 493 g/mol. The summed E-state index contributed by atoms with van der Waals surface area (Å²) in [5, 5.41) is 4.26. The topological polar surface area (TPSA) is 93.4 Å². The molecular weight excluding hydrogens is 457 g/mol. The SMILES string of the molecule is COc1cc2nc(C)nc(N[C@H](C)c3cc(N)cc(C)c3F)c2cc1C1CCC(C(=O)N(C)C)CC1. The first-order valence-corrected chi connectivity index (χ1v) is 12.5. The molecule has 1 heterocycles. The minimum absolute atomic E-state index is 0.0726. The van der Waals surface area contributed by atoms with Crippen LogP contribution in [0.4, 0.5) is 15.9 Å². The molecule has 8 heteroatoms. The van der Waals surface area contributed by atoms with Crippen LogP contribution in [0.15, 0.2) is 24.3 Å². The lowest BCUT2D eigenvalue weighted by molar-refractivity contribution is -0.134. The molecule has 1 atom stereocenters. The number of nitrogens with one attached hydrogen (secondary N) is 1. The summed E-state index contributed by atoms with van der Waals surface area (Å²) < 4.78 is 20.7. The Morgan fingerprint density at radius 1 is 1.14 bits per heavy atom. The van der Waals surface area contributed by atoms with E-state index in [1.165, 1.54) is 0 Å². The van der Waals surface area contributed by atoms with Crippen LogP contribution in [0.1, 0.15) is 67.1 Å². The van der Waals surface area contributed by atoms with Gasteiger partial charge in [-0.3, -0.25) is 4.79 Å². The zero-order valence-electron chi connectivity index (χ0n) is 22.0. The number of ether oxygens (including phenoxy) is 1. The first-order chi connectivity index (χ1) is 17.1. The fourth-order valence-corrected chi connectivity index (χ4v) is 5.34. The molecule has 1 aliphatic carbocycles. The number of aryl methyl sites for hydroxylation is 2. The molecule has 0 spiro atoms. The van der Waals surface area contributed by atoms with Gasteiger partial charge in [-0.2, -0.15) is 0 Å². The van der Waals surface area contributed by atoms with Crippen LogP contribution in [0.5, 0.6) is 5.75 Å². The molecule has 36 heavy (non-hydrogen) atoms. The number of nitrogens with zero attached hydrogens (tertiary/aromatic N) is 3. The number of halogens is 1. The molecule has 3 aromatic rings. The number of rotatable bonds is 6. The molecule has 1 amide bonds. The van der Waals surface area contributed by atoms with Gasteiger partial charge in [0.05, 0.1) is 18.7 Å². The summed E-state index contributed by atoms with van der Waals surface area (Å²) in [5.41, 5.74) is 9.38. The van der Waals surface area contributed by atoms with E-state index in [0.29, 0.717) is 28.5 Å². The van der Waals surface area contributed by atoms with Crippen molar-refractivity contribution in [3.63, 3.8) is 0 Å². The van der Waals surface area contributed by atoms with Crippen LogP contribution in [0.2, 0.25) is 0 Å². The zero-order valence-corrected chi connectivity index (χ0v) is 22.0. The Bertz CT molecular complexity index is 1280. The van der Waals surface area contributed by atoms with Crippen molar-refractivity contribution in [3.05, 3.63) is 52.6 Å². The molecule has 0 bridgehead atoms. The van der Waals surface area contributed by atoms with Crippen molar-refractivity contribution in [1.82, 2.24) is 14.9 Å². The van der Waals surface area contributed by atoms with E-state index in [-0.39, 0.29) is 29.6 Å². The Labute approximate surface area is 212 Å². The molecule has 0 saturated heterocycles. The maximum Gasteiger partial charge on any atom is 0.225 e. The highest BCUT2D eigenvalue weighted by Gasteiger charge is 2.30. The molecule has 1 aliphatic rings. The second-order valence-electron chi connectivity index (χ2n) is 10.1. The number of hydrogen-bond donors (Lipinski definition) is 2. The third-order valence-electron chi connectivity index (χ3n) is 7.24. The summed E-state index contributed by atoms with van der Waals surface area (Å²) in [4.78, 5) is 23.4. The minimum atomic E-state index is -0.359. The van der Waals surface area contributed by atoms with Gasteiger partial charge in [0, 0.05) is 42.7 Å². The van der Waals surface area contributed by atoms with Gasteiger partial charge in [-0.05, 0) is 81.7 Å². The van der Waals surface area contributed by atoms with Crippen LogP contribution in [0.25, 0.3) is 10.9 Å². The minimum Gasteiger partial charge on any atom is -0.496 e. The van der Waals surface area contributed by atoms with Gasteiger partial charge in [0.2, 0.25) is 5.91 Å². The van der Waals surface area contributed by atoms with Gasteiger partial charge in [0.1, 0.15) is 23.2 Å². The molecule has 192 valence electrons. The number of benzene rings is 2. The highest BCUT2D eigenvalue weighted by Crippen LogP contribution is 2.42. The number of nitrogens with two attached hydrogens (primary N) is 1. The number of carbonyl (C=O) groups excluding carboxylic acids is 1. The van der Waals surface area contributed by atoms with Gasteiger partial charge in [-0.1, -0.05) is 0 Å². The van der Waals surface area contributed by atoms with E-state index in [1.807, 2.05) is 34.0 Å². The number of carbonyl (C=O) groups is 1. The van der Waals surface area contributed by atoms with Gasteiger partial charge in [0.25, 0.3) is 0 Å². The van der Waals surface area contributed by atoms with Crippen LogP contribution in [-0.2, 0) is 4.79 Å². The molecule has 0 radical (unpaired) electrons. The zero-order chi connectivity index (χ0) is 26.1. The van der Waals surface area contributed by atoms with Gasteiger partial charge in [-0.15, -0.1) is 0 Å². The number of anilines is 2. The van der Waals surface area contributed by atoms with Gasteiger partial charge in [0.15, 0.2) is 0 Å². The summed E-state index contributed by atoms with van der Waals surface area (Å²) in [6, 6.07) is 7.00. The van der Waals surface area contributed by atoms with Crippen molar-refractivity contribution in [3.8, 4) is 5.75 Å². The fourth-order valence-electron chi connectivity index (χ4n) is 5.34. The van der Waals surface area contributed by atoms with Crippen molar-refractivity contribution in [2.75, 3.05) is 32.3 Å². The van der Waals surface area contributed by atoms with E-state index >= 15 is 0 Å². The van der Waals surface area contributed by atoms with Crippen LogP contribution in [0, 0.1) is 25.6 Å². The maximum atomic E-state index is 14.9. The van der Waals surface area contributed by atoms with Crippen molar-refractivity contribution in [2.45, 2.75) is 58.4 Å². The first-order valence-electron chi connectivity index (χ1n) is 12.5. The largest absolute Gasteiger partial charge is 0.496 e. The van der Waals surface area contributed by atoms with Gasteiger partial charge < -0.3 is 20.7 Å².